The van der Waals surface area contributed by atoms with Crippen molar-refractivity contribution in [2.75, 3.05) is 18.8 Å². The summed E-state index contributed by atoms with van der Waals surface area (Å²) in [7, 11) is 0. The predicted molar refractivity (Wildman–Crippen MR) is 97.9 cm³/mol. The molecule has 0 saturated carbocycles. The maximum absolute atomic E-state index is 12.2. The molecule has 5 nitrogen and oxygen atoms in total. The summed E-state index contributed by atoms with van der Waals surface area (Å²) < 4.78 is 0. The van der Waals surface area contributed by atoms with Crippen LogP contribution in [0.25, 0.3) is 0 Å². The molecule has 1 aromatic rings. The molecule has 25 heavy (non-hydrogen) atoms. The van der Waals surface area contributed by atoms with Gasteiger partial charge >= 0.3 is 0 Å². The number of halogens is 1. The summed E-state index contributed by atoms with van der Waals surface area (Å²) in [4.78, 5) is 26.2. The maximum Gasteiger partial charge on any atom is 0.232 e. The fourth-order valence-corrected chi connectivity index (χ4v) is 4.21. The van der Waals surface area contributed by atoms with E-state index in [4.69, 9.17) is 11.6 Å². The molecule has 0 spiro atoms. The molecule has 0 bridgehead atoms. The van der Waals surface area contributed by atoms with Gasteiger partial charge in [-0.1, -0.05) is 35.5 Å². The number of carbonyl (C=O) groups is 2. The smallest absolute Gasteiger partial charge is 0.232 e. The number of nitriles is 1. The van der Waals surface area contributed by atoms with E-state index in [1.54, 1.807) is 12.1 Å². The Morgan fingerprint density at radius 1 is 1.32 bits per heavy atom. The minimum Gasteiger partial charge on any atom is -0.342 e. The Morgan fingerprint density at radius 3 is 2.64 bits per heavy atom. The van der Waals surface area contributed by atoms with Crippen molar-refractivity contribution < 1.29 is 9.59 Å². The van der Waals surface area contributed by atoms with Gasteiger partial charge in [-0.25, -0.2) is 0 Å². The molecule has 1 aromatic carbocycles. The molecule has 7 heteroatoms. The van der Waals surface area contributed by atoms with E-state index in [1.807, 2.05) is 17.0 Å². The summed E-state index contributed by atoms with van der Waals surface area (Å²) in [6, 6.07) is 9.39. The fraction of sp³-hybridized carbons (Fsp3) is 0.389. The van der Waals surface area contributed by atoms with Gasteiger partial charge < -0.3 is 10.2 Å². The molecule has 2 heterocycles. The highest BCUT2D eigenvalue weighted by molar-refractivity contribution is 8.03. The Labute approximate surface area is 156 Å². The van der Waals surface area contributed by atoms with Crippen LogP contribution in [0.1, 0.15) is 30.7 Å². The van der Waals surface area contributed by atoms with Crippen LogP contribution >= 0.6 is 23.4 Å². The van der Waals surface area contributed by atoms with Crippen molar-refractivity contribution in [3.05, 3.63) is 45.5 Å². The Balaban J connectivity index is 1.79. The lowest BCUT2D eigenvalue weighted by Gasteiger charge is -2.25. The highest BCUT2D eigenvalue weighted by Gasteiger charge is 2.30. The number of rotatable bonds is 4. The van der Waals surface area contributed by atoms with Gasteiger partial charge in [0, 0.05) is 30.5 Å². The van der Waals surface area contributed by atoms with Crippen LogP contribution in [0.15, 0.2) is 34.9 Å². The van der Waals surface area contributed by atoms with Crippen LogP contribution in [0.5, 0.6) is 0 Å². The standard InChI is InChI=1S/C18H18ClN3O2S/c19-13-5-3-12(4-6-13)14-9-16(23)21-18(15(14)10-20)25-11-17(24)22-7-1-2-8-22/h3-6,14H,1-2,7-9,11H2,(H,21,23)/t14-/m0/s1. The molecule has 1 N–H and O–H groups in total. The molecule has 0 unspecified atom stereocenters. The topological polar surface area (TPSA) is 73.2 Å². The number of allylic oxidation sites excluding steroid dienone is 1. The van der Waals surface area contributed by atoms with E-state index in [9.17, 15) is 14.9 Å². The van der Waals surface area contributed by atoms with E-state index in [2.05, 4.69) is 11.4 Å². The molecular formula is C18H18ClN3O2S. The molecule has 0 aromatic heterocycles. The minimum atomic E-state index is -0.305. The van der Waals surface area contributed by atoms with E-state index in [1.165, 1.54) is 11.8 Å². The average molecular weight is 376 g/mol. The van der Waals surface area contributed by atoms with Gasteiger partial charge in [-0.3, -0.25) is 9.59 Å². The molecule has 1 atom stereocenters. The quantitative estimate of drug-likeness (QED) is 0.877. The van der Waals surface area contributed by atoms with Gasteiger partial charge in [0.15, 0.2) is 0 Å². The molecule has 0 aliphatic carbocycles. The third-order valence-electron chi connectivity index (χ3n) is 4.43. The van der Waals surface area contributed by atoms with Crippen molar-refractivity contribution in [3.63, 3.8) is 0 Å². The lowest BCUT2D eigenvalue weighted by molar-refractivity contribution is -0.127. The third-order valence-corrected chi connectivity index (χ3v) is 5.68. The second-order valence-electron chi connectivity index (χ2n) is 6.09. The number of nitrogens with zero attached hydrogens (tertiary/aromatic N) is 2. The van der Waals surface area contributed by atoms with Crippen LogP contribution in [0.4, 0.5) is 0 Å². The zero-order valence-electron chi connectivity index (χ0n) is 13.6. The number of hydrogen-bond acceptors (Lipinski definition) is 4. The van der Waals surface area contributed by atoms with Crippen molar-refractivity contribution in [3.8, 4) is 6.07 Å². The number of nitrogens with one attached hydrogen (secondary N) is 1. The highest BCUT2D eigenvalue weighted by Crippen LogP contribution is 2.36. The largest absolute Gasteiger partial charge is 0.342 e. The van der Waals surface area contributed by atoms with Crippen molar-refractivity contribution in [2.45, 2.75) is 25.2 Å². The van der Waals surface area contributed by atoms with E-state index in [0.29, 0.717) is 15.6 Å². The van der Waals surface area contributed by atoms with Gasteiger partial charge in [0.1, 0.15) is 0 Å². The van der Waals surface area contributed by atoms with Gasteiger partial charge in [-0.15, -0.1) is 0 Å². The average Bonchev–Trinajstić information content (AvgIpc) is 3.14. The number of likely N-dealkylation sites (tertiary alicyclic amines) is 1. The lowest BCUT2D eigenvalue weighted by Crippen LogP contribution is -2.33. The van der Waals surface area contributed by atoms with Gasteiger partial charge in [-0.2, -0.15) is 5.26 Å². The Kier molecular flexibility index (Phi) is 5.67. The number of benzene rings is 1. The van der Waals surface area contributed by atoms with Crippen molar-refractivity contribution in [1.29, 1.82) is 5.26 Å². The van der Waals surface area contributed by atoms with Crippen molar-refractivity contribution in [2.24, 2.45) is 0 Å². The second-order valence-corrected chi connectivity index (χ2v) is 7.51. The van der Waals surface area contributed by atoms with Crippen LogP contribution in [-0.2, 0) is 9.59 Å². The van der Waals surface area contributed by atoms with E-state index in [-0.39, 0.29) is 29.9 Å². The van der Waals surface area contributed by atoms with E-state index < -0.39 is 0 Å². The Morgan fingerprint density at radius 2 is 2.00 bits per heavy atom. The Hall–Kier alpha value is -1.97. The van der Waals surface area contributed by atoms with Crippen LogP contribution in [0, 0.1) is 11.3 Å². The van der Waals surface area contributed by atoms with Gasteiger partial charge in [0.25, 0.3) is 0 Å². The molecular weight excluding hydrogens is 358 g/mol. The zero-order valence-corrected chi connectivity index (χ0v) is 15.2. The third kappa shape index (κ3) is 4.17. The summed E-state index contributed by atoms with van der Waals surface area (Å²) in [6.45, 7) is 1.59. The molecule has 130 valence electrons. The molecule has 1 fully saturated rings. The van der Waals surface area contributed by atoms with Gasteiger partial charge in [0.05, 0.1) is 22.4 Å². The monoisotopic (exact) mass is 375 g/mol. The molecule has 1 saturated heterocycles. The summed E-state index contributed by atoms with van der Waals surface area (Å²) in [6.07, 6.45) is 2.30. The van der Waals surface area contributed by atoms with Crippen molar-refractivity contribution >= 4 is 35.2 Å². The number of hydrogen-bond donors (Lipinski definition) is 1. The zero-order chi connectivity index (χ0) is 17.8. The molecule has 2 aliphatic rings. The normalized spacial score (nSPS) is 20.4. The summed E-state index contributed by atoms with van der Waals surface area (Å²) in [5, 5.41) is 13.5. The molecule has 2 amide bonds. The summed E-state index contributed by atoms with van der Waals surface area (Å²) in [5.41, 5.74) is 1.38. The fourth-order valence-electron chi connectivity index (χ4n) is 3.10. The van der Waals surface area contributed by atoms with Gasteiger partial charge in [0.2, 0.25) is 11.8 Å². The number of carbonyl (C=O) groups excluding carboxylic acids is 2. The first-order valence-electron chi connectivity index (χ1n) is 8.18. The van der Waals surface area contributed by atoms with Crippen molar-refractivity contribution in [1.82, 2.24) is 10.2 Å². The molecule has 0 radical (unpaired) electrons. The van der Waals surface area contributed by atoms with E-state index >= 15 is 0 Å². The number of amides is 2. The molecule has 2 aliphatic heterocycles. The van der Waals surface area contributed by atoms with Crippen LogP contribution in [0.2, 0.25) is 5.02 Å². The SMILES string of the molecule is N#CC1=C(SCC(=O)N2CCCC2)NC(=O)C[C@H]1c1ccc(Cl)cc1. The summed E-state index contributed by atoms with van der Waals surface area (Å²) in [5.74, 6) is -0.167. The first-order valence-corrected chi connectivity index (χ1v) is 9.55. The van der Waals surface area contributed by atoms with Crippen LogP contribution in [-0.4, -0.2) is 35.6 Å². The maximum atomic E-state index is 12.2. The predicted octanol–water partition coefficient (Wildman–Crippen LogP) is 3.03. The second kappa shape index (κ2) is 7.94. The lowest BCUT2D eigenvalue weighted by atomic mass is 9.87. The summed E-state index contributed by atoms with van der Waals surface area (Å²) >= 11 is 7.16. The van der Waals surface area contributed by atoms with Crippen LogP contribution < -0.4 is 5.32 Å². The first-order chi connectivity index (χ1) is 12.1. The minimum absolute atomic E-state index is 0.0511. The highest BCUT2D eigenvalue weighted by atomic mass is 35.5. The van der Waals surface area contributed by atoms with E-state index in [0.717, 1.165) is 31.5 Å². The van der Waals surface area contributed by atoms with Crippen LogP contribution in [0.3, 0.4) is 0 Å². The Bertz CT molecular complexity index is 749. The van der Waals surface area contributed by atoms with Gasteiger partial charge in [-0.05, 0) is 30.5 Å². The first kappa shape index (κ1) is 17.8. The molecule has 3 rings (SSSR count). The number of thioether (sulfide) groups is 1.